The maximum atomic E-state index is 13.0. The number of benzene rings is 2. The largest absolute Gasteiger partial charge is 0.455 e. The molecule has 0 amide bonds. The van der Waals surface area contributed by atoms with Gasteiger partial charge in [0.25, 0.3) is 0 Å². The van der Waals surface area contributed by atoms with Crippen LogP contribution in [0.15, 0.2) is 60.7 Å². The number of hydrogen-bond acceptors (Lipinski definition) is 4. The third kappa shape index (κ3) is 4.46. The van der Waals surface area contributed by atoms with Crippen LogP contribution in [0.25, 0.3) is 0 Å². The Morgan fingerprint density at radius 1 is 0.625 bits per heavy atom. The molecule has 3 fully saturated rings. The Labute approximate surface area is 190 Å². The van der Waals surface area contributed by atoms with Crippen LogP contribution in [0.1, 0.15) is 72.1 Å². The Kier molecular flexibility index (Phi) is 6.29. The summed E-state index contributed by atoms with van der Waals surface area (Å²) in [5, 5.41) is 0. The summed E-state index contributed by atoms with van der Waals surface area (Å²) in [5.74, 6) is 1.72. The highest BCUT2D eigenvalue weighted by Crippen LogP contribution is 2.49. The summed E-state index contributed by atoms with van der Waals surface area (Å²) in [6, 6.07) is 18.2. The molecule has 2 aromatic carbocycles. The van der Waals surface area contributed by atoms with Crippen molar-refractivity contribution in [2.45, 2.75) is 63.6 Å². The van der Waals surface area contributed by atoms with Gasteiger partial charge in [-0.1, -0.05) is 55.7 Å². The second-order valence-corrected chi connectivity index (χ2v) is 9.81. The highest BCUT2D eigenvalue weighted by molar-refractivity contribution is 5.90. The molecule has 168 valence electrons. The van der Waals surface area contributed by atoms with Crippen molar-refractivity contribution in [3.63, 3.8) is 0 Å². The van der Waals surface area contributed by atoms with Crippen molar-refractivity contribution in [3.05, 3.63) is 71.8 Å². The Bertz CT molecular complexity index is 925. The molecule has 32 heavy (non-hydrogen) atoms. The molecular weight excluding hydrogens is 400 g/mol. The van der Waals surface area contributed by atoms with Gasteiger partial charge in [-0.3, -0.25) is 0 Å². The summed E-state index contributed by atoms with van der Waals surface area (Å²) in [7, 11) is 0. The number of carbonyl (C=O) groups excluding carboxylic acids is 2. The zero-order chi connectivity index (χ0) is 21.9. The lowest BCUT2D eigenvalue weighted by Gasteiger charge is -2.32. The molecule has 0 heterocycles. The number of hydrogen-bond donors (Lipinski definition) is 0. The third-order valence-corrected chi connectivity index (χ3v) is 8.05. The molecule has 6 unspecified atom stereocenters. The monoisotopic (exact) mass is 432 g/mol. The fourth-order valence-electron chi connectivity index (χ4n) is 6.42. The fourth-order valence-corrected chi connectivity index (χ4v) is 6.42. The van der Waals surface area contributed by atoms with Gasteiger partial charge in [0.1, 0.15) is 12.2 Å². The van der Waals surface area contributed by atoms with Crippen LogP contribution in [0, 0.1) is 23.7 Å². The van der Waals surface area contributed by atoms with E-state index in [0.29, 0.717) is 17.0 Å². The van der Waals surface area contributed by atoms with Gasteiger partial charge >= 0.3 is 11.9 Å². The van der Waals surface area contributed by atoms with Crippen molar-refractivity contribution in [1.29, 1.82) is 0 Å². The second kappa shape index (κ2) is 9.48. The van der Waals surface area contributed by atoms with Crippen LogP contribution in [0.4, 0.5) is 0 Å². The molecule has 0 saturated heterocycles. The summed E-state index contributed by atoms with van der Waals surface area (Å²) in [6.45, 7) is 0. The molecule has 3 aliphatic carbocycles. The van der Waals surface area contributed by atoms with E-state index in [4.69, 9.17) is 9.47 Å². The van der Waals surface area contributed by atoms with Crippen molar-refractivity contribution < 1.29 is 19.1 Å². The van der Waals surface area contributed by atoms with Crippen molar-refractivity contribution in [2.24, 2.45) is 23.7 Å². The average molecular weight is 433 g/mol. The summed E-state index contributed by atoms with van der Waals surface area (Å²) in [5.41, 5.74) is 1.09. The molecule has 4 nitrogen and oxygen atoms in total. The first-order valence-corrected chi connectivity index (χ1v) is 12.2. The van der Waals surface area contributed by atoms with Gasteiger partial charge in [0.2, 0.25) is 0 Å². The standard InChI is InChI=1S/C28H32O4/c29-27(21-8-3-1-4-9-21)31-25-18-23-15-14-19-12-7-13-20(19)16-17-24(23)26(25)32-28(30)22-10-5-2-6-11-22/h1-6,8-11,19-20,23-26H,7,12-18H2. The van der Waals surface area contributed by atoms with Gasteiger partial charge in [-0.15, -0.1) is 0 Å². The number of rotatable bonds is 4. The lowest BCUT2D eigenvalue weighted by molar-refractivity contribution is -0.0380. The molecule has 2 aromatic rings. The van der Waals surface area contributed by atoms with Gasteiger partial charge in [-0.2, -0.15) is 0 Å². The zero-order valence-corrected chi connectivity index (χ0v) is 18.5. The minimum atomic E-state index is -0.386. The van der Waals surface area contributed by atoms with Gasteiger partial charge in [-0.05, 0) is 74.1 Å². The van der Waals surface area contributed by atoms with E-state index in [1.165, 1.54) is 32.1 Å². The summed E-state index contributed by atoms with van der Waals surface area (Å²) >= 11 is 0. The van der Waals surface area contributed by atoms with Crippen LogP contribution in [-0.4, -0.2) is 24.1 Å². The van der Waals surface area contributed by atoms with E-state index in [1.807, 2.05) is 36.4 Å². The SMILES string of the molecule is O=C(OC1CC2CCC3CCCC3CCC2C1OC(=O)c1ccccc1)c1ccccc1. The van der Waals surface area contributed by atoms with Crippen LogP contribution in [0.5, 0.6) is 0 Å². The predicted molar refractivity (Wildman–Crippen MR) is 122 cm³/mol. The first-order chi connectivity index (χ1) is 15.7. The Balaban J connectivity index is 1.36. The Hall–Kier alpha value is -2.62. The van der Waals surface area contributed by atoms with E-state index in [1.54, 1.807) is 24.3 Å². The molecule has 0 N–H and O–H groups in total. The maximum absolute atomic E-state index is 13.0. The van der Waals surface area contributed by atoms with Crippen LogP contribution in [0.3, 0.4) is 0 Å². The van der Waals surface area contributed by atoms with Gasteiger partial charge < -0.3 is 9.47 Å². The van der Waals surface area contributed by atoms with Crippen LogP contribution >= 0.6 is 0 Å². The van der Waals surface area contributed by atoms with Crippen molar-refractivity contribution in [1.82, 2.24) is 0 Å². The summed E-state index contributed by atoms with van der Waals surface area (Å²) in [6.07, 6.45) is 8.73. The van der Waals surface area contributed by atoms with E-state index in [2.05, 4.69) is 0 Å². The number of ether oxygens (including phenoxy) is 2. The molecule has 3 saturated carbocycles. The number of fused-ring (bicyclic) bond motifs is 2. The fraction of sp³-hybridized carbons (Fsp3) is 0.500. The molecule has 0 aliphatic heterocycles. The molecule has 0 bridgehead atoms. The first kappa shape index (κ1) is 21.2. The van der Waals surface area contributed by atoms with Crippen molar-refractivity contribution >= 4 is 11.9 Å². The summed E-state index contributed by atoms with van der Waals surface area (Å²) in [4.78, 5) is 25.8. The zero-order valence-electron chi connectivity index (χ0n) is 18.5. The normalized spacial score (nSPS) is 31.6. The van der Waals surface area contributed by atoms with E-state index in [0.717, 1.165) is 31.1 Å². The van der Waals surface area contributed by atoms with Gasteiger partial charge in [0, 0.05) is 5.92 Å². The Morgan fingerprint density at radius 3 is 1.78 bits per heavy atom. The van der Waals surface area contributed by atoms with E-state index in [-0.39, 0.29) is 30.1 Å². The van der Waals surface area contributed by atoms with Crippen LogP contribution in [-0.2, 0) is 9.47 Å². The van der Waals surface area contributed by atoms with Gasteiger partial charge in [0.05, 0.1) is 11.1 Å². The Morgan fingerprint density at radius 2 is 1.16 bits per heavy atom. The quantitative estimate of drug-likeness (QED) is 0.551. The molecule has 5 rings (SSSR count). The van der Waals surface area contributed by atoms with Crippen molar-refractivity contribution in [3.8, 4) is 0 Å². The minimum Gasteiger partial charge on any atom is -0.455 e. The molecule has 0 aromatic heterocycles. The predicted octanol–water partition coefficient (Wildman–Crippen LogP) is 6.06. The topological polar surface area (TPSA) is 52.6 Å². The molecule has 3 aliphatic rings. The smallest absolute Gasteiger partial charge is 0.338 e. The van der Waals surface area contributed by atoms with Crippen molar-refractivity contribution in [2.75, 3.05) is 0 Å². The van der Waals surface area contributed by atoms with Crippen LogP contribution in [0.2, 0.25) is 0 Å². The third-order valence-electron chi connectivity index (χ3n) is 8.05. The summed E-state index contributed by atoms with van der Waals surface area (Å²) < 4.78 is 12.1. The molecular formula is C28H32O4. The first-order valence-electron chi connectivity index (χ1n) is 12.2. The lowest BCUT2D eigenvalue weighted by Crippen LogP contribution is -2.36. The van der Waals surface area contributed by atoms with E-state index >= 15 is 0 Å². The maximum Gasteiger partial charge on any atom is 0.338 e. The molecule has 0 radical (unpaired) electrons. The number of esters is 2. The van der Waals surface area contributed by atoms with Gasteiger partial charge in [-0.25, -0.2) is 9.59 Å². The van der Waals surface area contributed by atoms with E-state index in [9.17, 15) is 9.59 Å². The molecule has 4 heteroatoms. The van der Waals surface area contributed by atoms with E-state index < -0.39 is 0 Å². The van der Waals surface area contributed by atoms with Crippen LogP contribution < -0.4 is 0 Å². The minimum absolute atomic E-state index is 0.262. The molecule has 0 spiro atoms. The van der Waals surface area contributed by atoms with Gasteiger partial charge in [0.15, 0.2) is 0 Å². The number of carbonyl (C=O) groups is 2. The second-order valence-electron chi connectivity index (χ2n) is 9.81. The highest BCUT2D eigenvalue weighted by atomic mass is 16.6. The lowest BCUT2D eigenvalue weighted by atomic mass is 9.76. The highest BCUT2D eigenvalue weighted by Gasteiger charge is 2.49. The average Bonchev–Trinajstić information content (AvgIpc) is 3.39. The molecule has 6 atom stereocenters.